The molecule has 0 saturated carbocycles. The van der Waals surface area contributed by atoms with Crippen LogP contribution in [0.5, 0.6) is 0 Å². The standard InChI is InChI=1S/C16H29N5O2/c1-12(17)14(13-10-18-19(5)11-13)20-6-8-21(9-7-20)15(22)23-16(2,3)4/h10-12,14H,6-9,17H2,1-5H3. The van der Waals surface area contributed by atoms with Crippen LogP contribution < -0.4 is 5.73 Å². The van der Waals surface area contributed by atoms with Gasteiger partial charge >= 0.3 is 6.09 Å². The number of amides is 1. The number of aryl methyl sites for hydroxylation is 1. The van der Waals surface area contributed by atoms with Crippen molar-refractivity contribution in [2.75, 3.05) is 26.2 Å². The van der Waals surface area contributed by atoms with E-state index in [1.165, 1.54) is 0 Å². The van der Waals surface area contributed by atoms with Crippen molar-refractivity contribution in [2.24, 2.45) is 12.8 Å². The van der Waals surface area contributed by atoms with Crippen LogP contribution in [0.1, 0.15) is 39.3 Å². The van der Waals surface area contributed by atoms with Crippen molar-refractivity contribution >= 4 is 6.09 Å². The van der Waals surface area contributed by atoms with Crippen LogP contribution >= 0.6 is 0 Å². The molecule has 1 aromatic heterocycles. The summed E-state index contributed by atoms with van der Waals surface area (Å²) in [5.41, 5.74) is 6.86. The predicted octanol–water partition coefficient (Wildman–Crippen LogP) is 1.36. The molecule has 2 unspecified atom stereocenters. The maximum absolute atomic E-state index is 12.1. The van der Waals surface area contributed by atoms with E-state index < -0.39 is 5.60 Å². The fourth-order valence-electron chi connectivity index (χ4n) is 2.95. The van der Waals surface area contributed by atoms with E-state index in [-0.39, 0.29) is 18.2 Å². The summed E-state index contributed by atoms with van der Waals surface area (Å²) >= 11 is 0. The Balaban J connectivity index is 1.98. The van der Waals surface area contributed by atoms with E-state index in [1.54, 1.807) is 9.58 Å². The third-order valence-corrected chi connectivity index (χ3v) is 3.92. The zero-order valence-corrected chi connectivity index (χ0v) is 14.8. The maximum atomic E-state index is 12.1. The van der Waals surface area contributed by atoms with Gasteiger partial charge in [-0.05, 0) is 27.7 Å². The van der Waals surface area contributed by atoms with Gasteiger partial charge in [-0.1, -0.05) is 0 Å². The molecule has 2 N–H and O–H groups in total. The van der Waals surface area contributed by atoms with Gasteiger partial charge in [-0.3, -0.25) is 9.58 Å². The average Bonchev–Trinajstić information content (AvgIpc) is 2.83. The molecule has 0 spiro atoms. The van der Waals surface area contributed by atoms with E-state index in [0.717, 1.165) is 18.7 Å². The molecule has 23 heavy (non-hydrogen) atoms. The van der Waals surface area contributed by atoms with Crippen molar-refractivity contribution in [3.8, 4) is 0 Å². The van der Waals surface area contributed by atoms with Gasteiger partial charge in [-0.25, -0.2) is 4.79 Å². The van der Waals surface area contributed by atoms with Crippen LogP contribution in [0.25, 0.3) is 0 Å². The van der Waals surface area contributed by atoms with Crippen LogP contribution in [-0.4, -0.2) is 63.5 Å². The fourth-order valence-corrected chi connectivity index (χ4v) is 2.95. The van der Waals surface area contributed by atoms with E-state index in [4.69, 9.17) is 10.5 Å². The molecule has 1 fully saturated rings. The number of rotatable bonds is 3. The van der Waals surface area contributed by atoms with Gasteiger partial charge in [-0.15, -0.1) is 0 Å². The number of hydrogen-bond donors (Lipinski definition) is 1. The Morgan fingerprint density at radius 2 is 1.91 bits per heavy atom. The first kappa shape index (κ1) is 17.7. The van der Waals surface area contributed by atoms with Crippen LogP contribution in [0.3, 0.4) is 0 Å². The quantitative estimate of drug-likeness (QED) is 0.909. The highest BCUT2D eigenvalue weighted by Gasteiger charge is 2.31. The summed E-state index contributed by atoms with van der Waals surface area (Å²) < 4.78 is 7.23. The Hall–Kier alpha value is -1.60. The number of carbonyl (C=O) groups is 1. The van der Waals surface area contributed by atoms with Gasteiger partial charge in [0, 0.05) is 51.0 Å². The number of carbonyl (C=O) groups excluding carboxylic acids is 1. The van der Waals surface area contributed by atoms with Crippen LogP contribution in [0.4, 0.5) is 4.79 Å². The van der Waals surface area contributed by atoms with E-state index in [2.05, 4.69) is 10.00 Å². The molecule has 2 atom stereocenters. The first-order valence-electron chi connectivity index (χ1n) is 8.13. The lowest BCUT2D eigenvalue weighted by atomic mass is 10.0. The SMILES string of the molecule is CC(N)C(c1cnn(C)c1)N1CCN(C(=O)OC(C)(C)C)CC1. The van der Waals surface area contributed by atoms with Crippen molar-refractivity contribution in [1.82, 2.24) is 19.6 Å². The molecule has 2 rings (SSSR count). The lowest BCUT2D eigenvalue weighted by molar-refractivity contribution is 0.00914. The molecule has 0 bridgehead atoms. The Morgan fingerprint density at radius 3 is 2.35 bits per heavy atom. The van der Waals surface area contributed by atoms with Crippen LogP contribution in [-0.2, 0) is 11.8 Å². The maximum Gasteiger partial charge on any atom is 0.410 e. The number of aromatic nitrogens is 2. The highest BCUT2D eigenvalue weighted by Crippen LogP contribution is 2.24. The number of nitrogens with zero attached hydrogens (tertiary/aromatic N) is 4. The molecule has 0 aromatic carbocycles. The van der Waals surface area contributed by atoms with E-state index in [1.807, 2.05) is 47.1 Å². The summed E-state index contributed by atoms with van der Waals surface area (Å²) in [7, 11) is 1.90. The molecule has 1 aliphatic heterocycles. The largest absolute Gasteiger partial charge is 0.444 e. The van der Waals surface area contributed by atoms with Crippen LogP contribution in [0.15, 0.2) is 12.4 Å². The molecule has 1 amide bonds. The molecule has 0 aliphatic carbocycles. The summed E-state index contributed by atoms with van der Waals surface area (Å²) in [4.78, 5) is 16.2. The first-order chi connectivity index (χ1) is 10.7. The molecule has 2 heterocycles. The lowest BCUT2D eigenvalue weighted by Gasteiger charge is -2.40. The minimum atomic E-state index is -0.460. The molecular formula is C16H29N5O2. The van der Waals surface area contributed by atoms with Crippen molar-refractivity contribution in [2.45, 2.75) is 45.4 Å². The normalized spacial score (nSPS) is 19.5. The topological polar surface area (TPSA) is 76.6 Å². The summed E-state index contributed by atoms with van der Waals surface area (Å²) in [5.74, 6) is 0. The smallest absolute Gasteiger partial charge is 0.410 e. The van der Waals surface area contributed by atoms with E-state index in [0.29, 0.717) is 13.1 Å². The van der Waals surface area contributed by atoms with Gasteiger partial charge in [0.2, 0.25) is 0 Å². The third kappa shape index (κ3) is 4.68. The monoisotopic (exact) mass is 323 g/mol. The van der Waals surface area contributed by atoms with Gasteiger partial charge in [0.1, 0.15) is 5.60 Å². The molecule has 1 saturated heterocycles. The number of hydrogen-bond acceptors (Lipinski definition) is 5. The number of nitrogens with two attached hydrogens (primary N) is 1. The molecule has 7 heteroatoms. The van der Waals surface area contributed by atoms with Crippen LogP contribution in [0.2, 0.25) is 0 Å². The minimum Gasteiger partial charge on any atom is -0.444 e. The Kier molecular flexibility index (Phi) is 5.31. The van der Waals surface area contributed by atoms with Gasteiger partial charge in [-0.2, -0.15) is 5.10 Å². The Bertz CT molecular complexity index is 527. The van der Waals surface area contributed by atoms with Crippen molar-refractivity contribution < 1.29 is 9.53 Å². The molecule has 1 aromatic rings. The van der Waals surface area contributed by atoms with Gasteiger partial charge in [0.05, 0.1) is 12.2 Å². The molecule has 0 radical (unpaired) electrons. The number of ether oxygens (including phenoxy) is 1. The molecule has 7 nitrogen and oxygen atoms in total. The molecular weight excluding hydrogens is 294 g/mol. The zero-order valence-electron chi connectivity index (χ0n) is 14.8. The number of piperazine rings is 1. The molecule has 1 aliphatic rings. The lowest BCUT2D eigenvalue weighted by Crippen LogP contribution is -2.53. The zero-order chi connectivity index (χ0) is 17.2. The van der Waals surface area contributed by atoms with Crippen molar-refractivity contribution in [3.05, 3.63) is 18.0 Å². The minimum absolute atomic E-state index is 0.00715. The van der Waals surface area contributed by atoms with Gasteiger partial charge < -0.3 is 15.4 Å². The van der Waals surface area contributed by atoms with E-state index in [9.17, 15) is 4.79 Å². The summed E-state index contributed by atoms with van der Waals surface area (Å²) in [5, 5.41) is 4.25. The van der Waals surface area contributed by atoms with Gasteiger partial charge in [0.25, 0.3) is 0 Å². The average molecular weight is 323 g/mol. The van der Waals surface area contributed by atoms with Crippen molar-refractivity contribution in [1.29, 1.82) is 0 Å². The third-order valence-electron chi connectivity index (χ3n) is 3.92. The van der Waals surface area contributed by atoms with E-state index >= 15 is 0 Å². The first-order valence-corrected chi connectivity index (χ1v) is 8.13. The summed E-state index contributed by atoms with van der Waals surface area (Å²) in [6.45, 7) is 10.5. The van der Waals surface area contributed by atoms with Gasteiger partial charge in [0.15, 0.2) is 0 Å². The van der Waals surface area contributed by atoms with Crippen molar-refractivity contribution in [3.63, 3.8) is 0 Å². The van der Waals surface area contributed by atoms with Crippen LogP contribution in [0, 0.1) is 0 Å². The second kappa shape index (κ2) is 6.88. The fraction of sp³-hybridized carbons (Fsp3) is 0.750. The highest BCUT2D eigenvalue weighted by molar-refractivity contribution is 5.68. The second-order valence-electron chi connectivity index (χ2n) is 7.25. The summed E-state index contributed by atoms with van der Waals surface area (Å²) in [6, 6.07) is 0.108. The Morgan fingerprint density at radius 1 is 1.30 bits per heavy atom. The highest BCUT2D eigenvalue weighted by atomic mass is 16.6. The molecule has 130 valence electrons. The second-order valence-corrected chi connectivity index (χ2v) is 7.25. The predicted molar refractivity (Wildman–Crippen MR) is 89.0 cm³/mol. The summed E-state index contributed by atoms with van der Waals surface area (Å²) in [6.07, 6.45) is 3.64. The Labute approximate surface area is 138 Å².